The third-order valence-electron chi connectivity index (χ3n) is 4.78. The van der Waals surface area contributed by atoms with Crippen molar-refractivity contribution in [2.45, 2.75) is 32.1 Å². The Kier molecular flexibility index (Phi) is 3.01. The fraction of sp³-hybridized carbons (Fsp3) is 0.917. The van der Waals surface area contributed by atoms with Gasteiger partial charge in [-0.25, -0.2) is 0 Å². The Bertz CT molecular complexity index is 238. The molecule has 0 bridgehead atoms. The molecule has 3 rings (SSSR count). The normalized spacial score (nSPS) is 45.1. The Morgan fingerprint density at radius 2 is 1.73 bits per heavy atom. The van der Waals surface area contributed by atoms with Crippen molar-refractivity contribution < 1.29 is 9.90 Å². The van der Waals surface area contributed by atoms with E-state index >= 15 is 0 Å². The van der Waals surface area contributed by atoms with Gasteiger partial charge in [0, 0.05) is 6.42 Å². The lowest BCUT2D eigenvalue weighted by molar-refractivity contribution is -0.142. The van der Waals surface area contributed by atoms with Gasteiger partial charge in [0.25, 0.3) is 0 Å². The summed E-state index contributed by atoms with van der Waals surface area (Å²) in [5.74, 6) is 3.50. The van der Waals surface area contributed by atoms with E-state index in [1.165, 1.54) is 32.7 Å². The zero-order valence-corrected chi connectivity index (χ0v) is 9.36. The quantitative estimate of drug-likeness (QED) is 0.731. The minimum atomic E-state index is -0.584. The molecule has 0 aromatic heterocycles. The standard InChI is InChI=1S/C11H16O2.CH5N/c12-10(13)5-9-7-3-1-6-2-4-8(9)11(6)7;1-2/h6-9,11H,1-5H2,(H,12,13);2H2,1H3/t6?,7-,8+,9?,11?;. The highest BCUT2D eigenvalue weighted by Gasteiger charge is 2.59. The number of rotatable bonds is 2. The first kappa shape index (κ1) is 10.9. The highest BCUT2D eigenvalue weighted by Crippen LogP contribution is 2.65. The summed E-state index contributed by atoms with van der Waals surface area (Å²) in [5.41, 5.74) is 4.50. The van der Waals surface area contributed by atoms with Gasteiger partial charge in [0.1, 0.15) is 0 Å². The molecule has 3 aliphatic rings. The molecule has 0 aromatic rings. The van der Waals surface area contributed by atoms with Gasteiger partial charge >= 0.3 is 5.97 Å². The SMILES string of the molecule is CN.O=C(O)CC1[C@H]2CCC3CC[C@@H]1C32. The van der Waals surface area contributed by atoms with E-state index in [1.54, 1.807) is 0 Å². The van der Waals surface area contributed by atoms with Crippen molar-refractivity contribution in [1.29, 1.82) is 0 Å². The molecular weight excluding hydrogens is 190 g/mol. The second kappa shape index (κ2) is 4.12. The predicted octanol–water partition coefficient (Wildman–Crippen LogP) is 1.72. The van der Waals surface area contributed by atoms with Crippen LogP contribution in [0.3, 0.4) is 0 Å². The van der Waals surface area contributed by atoms with E-state index < -0.39 is 5.97 Å². The van der Waals surface area contributed by atoms with Gasteiger partial charge in [-0.2, -0.15) is 0 Å². The van der Waals surface area contributed by atoms with Crippen LogP contribution in [0, 0.1) is 29.6 Å². The largest absolute Gasteiger partial charge is 0.481 e. The van der Waals surface area contributed by atoms with Gasteiger partial charge in [-0.1, -0.05) is 0 Å². The molecule has 0 heterocycles. The molecule has 3 unspecified atom stereocenters. The Morgan fingerprint density at radius 3 is 2.20 bits per heavy atom. The molecule has 3 saturated carbocycles. The maximum atomic E-state index is 10.7. The van der Waals surface area contributed by atoms with Gasteiger partial charge in [-0.3, -0.25) is 4.79 Å². The smallest absolute Gasteiger partial charge is 0.303 e. The number of hydrogen-bond donors (Lipinski definition) is 2. The molecule has 0 saturated heterocycles. The lowest BCUT2D eigenvalue weighted by atomic mass is 9.58. The van der Waals surface area contributed by atoms with Crippen LogP contribution in [0.5, 0.6) is 0 Å². The summed E-state index contributed by atoms with van der Waals surface area (Å²) < 4.78 is 0. The summed E-state index contributed by atoms with van der Waals surface area (Å²) >= 11 is 0. The van der Waals surface area contributed by atoms with Crippen LogP contribution in [0.25, 0.3) is 0 Å². The van der Waals surface area contributed by atoms with Crippen LogP contribution < -0.4 is 5.73 Å². The van der Waals surface area contributed by atoms with Gasteiger partial charge < -0.3 is 10.8 Å². The minimum absolute atomic E-state index is 0.443. The van der Waals surface area contributed by atoms with Gasteiger partial charge in [0.05, 0.1) is 0 Å². The lowest BCUT2D eigenvalue weighted by Crippen LogP contribution is -2.43. The lowest BCUT2D eigenvalue weighted by Gasteiger charge is -2.46. The van der Waals surface area contributed by atoms with Crippen LogP contribution in [-0.2, 0) is 4.79 Å². The molecule has 0 aliphatic heterocycles. The fourth-order valence-electron chi connectivity index (χ4n) is 4.42. The van der Waals surface area contributed by atoms with E-state index in [9.17, 15) is 4.79 Å². The Balaban J connectivity index is 0.000000404. The molecule has 3 aliphatic carbocycles. The highest BCUT2D eigenvalue weighted by molar-refractivity contribution is 5.67. The average Bonchev–Trinajstić information content (AvgIpc) is 2.70. The maximum Gasteiger partial charge on any atom is 0.303 e. The van der Waals surface area contributed by atoms with Crippen molar-refractivity contribution >= 4 is 5.97 Å². The number of carboxylic acids is 1. The molecule has 3 heteroatoms. The van der Waals surface area contributed by atoms with Gasteiger partial charge in [0.2, 0.25) is 0 Å². The summed E-state index contributed by atoms with van der Waals surface area (Å²) in [5, 5.41) is 8.80. The van der Waals surface area contributed by atoms with Crippen molar-refractivity contribution in [3.8, 4) is 0 Å². The Hall–Kier alpha value is -0.570. The fourth-order valence-corrected chi connectivity index (χ4v) is 4.42. The van der Waals surface area contributed by atoms with Crippen LogP contribution in [0.15, 0.2) is 0 Å². The maximum absolute atomic E-state index is 10.7. The molecule has 3 fully saturated rings. The zero-order valence-electron chi connectivity index (χ0n) is 9.36. The van der Waals surface area contributed by atoms with Crippen LogP contribution in [0.2, 0.25) is 0 Å². The summed E-state index contributed by atoms with van der Waals surface area (Å²) in [6, 6.07) is 0. The van der Waals surface area contributed by atoms with Gasteiger partial charge in [-0.05, 0) is 62.3 Å². The molecule has 0 aromatic carbocycles. The summed E-state index contributed by atoms with van der Waals surface area (Å²) in [7, 11) is 1.50. The minimum Gasteiger partial charge on any atom is -0.481 e. The van der Waals surface area contributed by atoms with Gasteiger partial charge in [-0.15, -0.1) is 0 Å². The first-order valence-electron chi connectivity index (χ1n) is 6.07. The number of carboxylic acid groups (broad SMARTS) is 1. The van der Waals surface area contributed by atoms with E-state index in [0.717, 1.165) is 23.7 Å². The Labute approximate surface area is 91.0 Å². The van der Waals surface area contributed by atoms with Crippen molar-refractivity contribution in [2.24, 2.45) is 35.3 Å². The summed E-state index contributed by atoms with van der Waals surface area (Å²) in [6.45, 7) is 0. The monoisotopic (exact) mass is 211 g/mol. The van der Waals surface area contributed by atoms with E-state index in [0.29, 0.717) is 12.3 Å². The van der Waals surface area contributed by atoms with Crippen LogP contribution in [-0.4, -0.2) is 18.1 Å². The molecule has 3 N–H and O–H groups in total. The average molecular weight is 211 g/mol. The number of carbonyl (C=O) groups is 1. The van der Waals surface area contributed by atoms with Crippen molar-refractivity contribution in [3.63, 3.8) is 0 Å². The second-order valence-electron chi connectivity index (χ2n) is 5.08. The summed E-state index contributed by atoms with van der Waals surface area (Å²) in [4.78, 5) is 10.7. The number of aliphatic carboxylic acids is 1. The summed E-state index contributed by atoms with van der Waals surface area (Å²) in [6.07, 6.45) is 5.87. The van der Waals surface area contributed by atoms with Crippen LogP contribution in [0.1, 0.15) is 32.1 Å². The Morgan fingerprint density at radius 1 is 1.20 bits per heavy atom. The molecule has 0 radical (unpaired) electrons. The van der Waals surface area contributed by atoms with Gasteiger partial charge in [0.15, 0.2) is 0 Å². The third kappa shape index (κ3) is 1.57. The van der Waals surface area contributed by atoms with E-state index in [-0.39, 0.29) is 0 Å². The number of hydrogen-bond acceptors (Lipinski definition) is 2. The van der Waals surface area contributed by atoms with Crippen LogP contribution >= 0.6 is 0 Å². The molecule has 0 amide bonds. The second-order valence-corrected chi connectivity index (χ2v) is 5.08. The van der Waals surface area contributed by atoms with E-state index in [2.05, 4.69) is 5.73 Å². The van der Waals surface area contributed by atoms with Crippen molar-refractivity contribution in [1.82, 2.24) is 0 Å². The first-order chi connectivity index (χ1) is 7.27. The van der Waals surface area contributed by atoms with Crippen molar-refractivity contribution in [2.75, 3.05) is 7.05 Å². The zero-order chi connectivity index (χ0) is 11.0. The first-order valence-corrected chi connectivity index (χ1v) is 6.07. The predicted molar refractivity (Wildman–Crippen MR) is 58.3 cm³/mol. The third-order valence-corrected chi connectivity index (χ3v) is 4.78. The molecule has 86 valence electrons. The molecule has 3 nitrogen and oxygen atoms in total. The van der Waals surface area contributed by atoms with E-state index in [1.807, 2.05) is 0 Å². The number of nitrogens with two attached hydrogens (primary N) is 1. The molecule has 5 atom stereocenters. The topological polar surface area (TPSA) is 63.3 Å². The highest BCUT2D eigenvalue weighted by atomic mass is 16.4. The molecule has 0 spiro atoms. The van der Waals surface area contributed by atoms with Crippen LogP contribution in [0.4, 0.5) is 0 Å². The van der Waals surface area contributed by atoms with E-state index in [4.69, 9.17) is 5.11 Å². The molecule has 15 heavy (non-hydrogen) atoms. The van der Waals surface area contributed by atoms with Crippen molar-refractivity contribution in [3.05, 3.63) is 0 Å². The molecular formula is C12H21NO2.